The minimum atomic E-state index is -0.110. The lowest BCUT2D eigenvalue weighted by Gasteiger charge is -2.17. The lowest BCUT2D eigenvalue weighted by Crippen LogP contribution is -2.18. The Morgan fingerprint density at radius 2 is 1.86 bits per heavy atom. The second-order valence-corrected chi connectivity index (χ2v) is 5.09. The van der Waals surface area contributed by atoms with Gasteiger partial charge in [-0.05, 0) is 29.8 Å². The Kier molecular flexibility index (Phi) is 4.33. The Morgan fingerprint density at radius 1 is 1.14 bits per heavy atom. The molecule has 0 spiro atoms. The summed E-state index contributed by atoms with van der Waals surface area (Å²) in [6.45, 7) is 0. The molecule has 2 aromatic carbocycles. The molecule has 0 saturated heterocycles. The number of para-hydroxylation sites is 2. The maximum absolute atomic E-state index is 12.2. The van der Waals surface area contributed by atoms with E-state index >= 15 is 0 Å². The first-order valence-electron chi connectivity index (χ1n) is 6.67. The molecule has 2 rings (SSSR count). The standard InChI is InChI=1S/C16H20N4O/c1-20(2)15-6-4-3-5-14(15)19-16(21)9-11-7-8-12(17)10-13(11)18/h3-8,10H,9,17-18H2,1-2H3,(H,19,21). The van der Waals surface area contributed by atoms with Gasteiger partial charge in [0.25, 0.3) is 0 Å². The van der Waals surface area contributed by atoms with E-state index in [9.17, 15) is 4.79 Å². The third kappa shape index (κ3) is 3.66. The highest BCUT2D eigenvalue weighted by Gasteiger charge is 2.10. The van der Waals surface area contributed by atoms with Crippen molar-refractivity contribution < 1.29 is 4.79 Å². The maximum atomic E-state index is 12.2. The summed E-state index contributed by atoms with van der Waals surface area (Å²) in [7, 11) is 3.87. The maximum Gasteiger partial charge on any atom is 0.228 e. The molecule has 0 aliphatic rings. The Morgan fingerprint density at radius 3 is 2.52 bits per heavy atom. The monoisotopic (exact) mass is 284 g/mol. The first-order valence-corrected chi connectivity index (χ1v) is 6.67. The second-order valence-electron chi connectivity index (χ2n) is 5.09. The van der Waals surface area contributed by atoms with Crippen molar-refractivity contribution in [2.24, 2.45) is 0 Å². The van der Waals surface area contributed by atoms with E-state index in [1.54, 1.807) is 18.2 Å². The van der Waals surface area contributed by atoms with Crippen LogP contribution in [-0.4, -0.2) is 20.0 Å². The smallest absolute Gasteiger partial charge is 0.228 e. The minimum absolute atomic E-state index is 0.110. The van der Waals surface area contributed by atoms with Gasteiger partial charge in [0.2, 0.25) is 5.91 Å². The number of hydrogen-bond acceptors (Lipinski definition) is 4. The van der Waals surface area contributed by atoms with Crippen LogP contribution >= 0.6 is 0 Å². The summed E-state index contributed by atoms with van der Waals surface area (Å²) in [6.07, 6.45) is 0.216. The molecule has 0 aliphatic heterocycles. The third-order valence-electron chi connectivity index (χ3n) is 3.18. The Bertz CT molecular complexity index is 652. The largest absolute Gasteiger partial charge is 0.399 e. The lowest BCUT2D eigenvalue weighted by atomic mass is 10.1. The Balaban J connectivity index is 2.12. The molecule has 0 fully saturated rings. The Hall–Kier alpha value is -2.69. The molecule has 5 nitrogen and oxygen atoms in total. The van der Waals surface area contributed by atoms with E-state index in [1.807, 2.05) is 43.3 Å². The first-order chi connectivity index (χ1) is 9.97. The van der Waals surface area contributed by atoms with Crippen LogP contribution in [0.25, 0.3) is 0 Å². The summed E-state index contributed by atoms with van der Waals surface area (Å²) in [5.41, 5.74) is 15.1. The van der Waals surface area contributed by atoms with Gasteiger partial charge in [0, 0.05) is 25.5 Å². The van der Waals surface area contributed by atoms with Gasteiger partial charge in [0.05, 0.1) is 17.8 Å². The SMILES string of the molecule is CN(C)c1ccccc1NC(=O)Cc1ccc(N)cc1N. The summed E-state index contributed by atoms with van der Waals surface area (Å²) in [4.78, 5) is 14.1. The number of nitrogens with zero attached hydrogens (tertiary/aromatic N) is 1. The molecule has 0 saturated carbocycles. The number of benzene rings is 2. The number of nitrogens with one attached hydrogen (secondary N) is 1. The number of amides is 1. The number of carbonyl (C=O) groups excluding carboxylic acids is 1. The minimum Gasteiger partial charge on any atom is -0.399 e. The van der Waals surface area contributed by atoms with Gasteiger partial charge in [-0.3, -0.25) is 4.79 Å². The van der Waals surface area contributed by atoms with Crippen LogP contribution in [0.2, 0.25) is 0 Å². The molecule has 0 heterocycles. The molecule has 5 heteroatoms. The van der Waals surface area contributed by atoms with Crippen molar-refractivity contribution in [3.8, 4) is 0 Å². The van der Waals surface area contributed by atoms with E-state index in [-0.39, 0.29) is 12.3 Å². The van der Waals surface area contributed by atoms with Crippen LogP contribution in [0.5, 0.6) is 0 Å². The summed E-state index contributed by atoms with van der Waals surface area (Å²) in [5, 5.41) is 2.91. The molecule has 0 radical (unpaired) electrons. The molecule has 110 valence electrons. The van der Waals surface area contributed by atoms with E-state index in [4.69, 9.17) is 11.5 Å². The highest BCUT2D eigenvalue weighted by atomic mass is 16.1. The highest BCUT2D eigenvalue weighted by molar-refractivity contribution is 5.96. The van der Waals surface area contributed by atoms with Crippen LogP contribution in [0.15, 0.2) is 42.5 Å². The fourth-order valence-corrected chi connectivity index (χ4v) is 2.11. The van der Waals surface area contributed by atoms with Gasteiger partial charge >= 0.3 is 0 Å². The summed E-state index contributed by atoms with van der Waals surface area (Å²) < 4.78 is 0. The van der Waals surface area contributed by atoms with Gasteiger partial charge in [-0.1, -0.05) is 18.2 Å². The van der Waals surface area contributed by atoms with Gasteiger partial charge in [0.15, 0.2) is 0 Å². The zero-order chi connectivity index (χ0) is 15.4. The van der Waals surface area contributed by atoms with Crippen molar-refractivity contribution in [2.75, 3.05) is 35.8 Å². The molecule has 21 heavy (non-hydrogen) atoms. The van der Waals surface area contributed by atoms with E-state index in [0.717, 1.165) is 16.9 Å². The number of anilines is 4. The number of rotatable bonds is 4. The fourth-order valence-electron chi connectivity index (χ4n) is 2.11. The highest BCUT2D eigenvalue weighted by Crippen LogP contribution is 2.24. The summed E-state index contributed by atoms with van der Waals surface area (Å²) in [6, 6.07) is 12.8. The van der Waals surface area contributed by atoms with E-state index < -0.39 is 0 Å². The quantitative estimate of drug-likeness (QED) is 0.751. The van der Waals surface area contributed by atoms with Crippen LogP contribution in [0.3, 0.4) is 0 Å². The van der Waals surface area contributed by atoms with Crippen LogP contribution in [0, 0.1) is 0 Å². The molecule has 0 aliphatic carbocycles. The van der Waals surface area contributed by atoms with E-state index in [0.29, 0.717) is 11.4 Å². The van der Waals surface area contributed by atoms with Crippen molar-refractivity contribution in [3.63, 3.8) is 0 Å². The molecule has 5 N–H and O–H groups in total. The molecule has 0 aromatic heterocycles. The predicted octanol–water partition coefficient (Wildman–Crippen LogP) is 2.10. The van der Waals surface area contributed by atoms with Gasteiger partial charge in [0.1, 0.15) is 0 Å². The molecule has 0 unspecified atom stereocenters. The average Bonchev–Trinajstić information content (AvgIpc) is 2.42. The van der Waals surface area contributed by atoms with Crippen LogP contribution in [0.1, 0.15) is 5.56 Å². The predicted molar refractivity (Wildman–Crippen MR) is 88.4 cm³/mol. The fraction of sp³-hybridized carbons (Fsp3) is 0.188. The van der Waals surface area contributed by atoms with Crippen molar-refractivity contribution in [1.29, 1.82) is 0 Å². The van der Waals surface area contributed by atoms with E-state index in [1.165, 1.54) is 0 Å². The number of carbonyl (C=O) groups is 1. The Labute approximate surface area is 124 Å². The zero-order valence-electron chi connectivity index (χ0n) is 12.3. The third-order valence-corrected chi connectivity index (χ3v) is 3.18. The van der Waals surface area contributed by atoms with Crippen LogP contribution < -0.4 is 21.7 Å². The number of nitrogen functional groups attached to an aromatic ring is 2. The number of nitrogens with two attached hydrogens (primary N) is 2. The van der Waals surface area contributed by atoms with Gasteiger partial charge < -0.3 is 21.7 Å². The van der Waals surface area contributed by atoms with Crippen molar-refractivity contribution >= 4 is 28.7 Å². The molecule has 2 aromatic rings. The van der Waals surface area contributed by atoms with Gasteiger partial charge in [-0.2, -0.15) is 0 Å². The zero-order valence-corrected chi connectivity index (χ0v) is 12.3. The molecule has 1 amide bonds. The molecular weight excluding hydrogens is 264 g/mol. The topological polar surface area (TPSA) is 84.4 Å². The average molecular weight is 284 g/mol. The normalized spacial score (nSPS) is 10.2. The van der Waals surface area contributed by atoms with Gasteiger partial charge in [-0.15, -0.1) is 0 Å². The van der Waals surface area contributed by atoms with Crippen LogP contribution in [0.4, 0.5) is 22.7 Å². The van der Waals surface area contributed by atoms with Crippen molar-refractivity contribution in [2.45, 2.75) is 6.42 Å². The van der Waals surface area contributed by atoms with E-state index in [2.05, 4.69) is 5.32 Å². The molecule has 0 bridgehead atoms. The van der Waals surface area contributed by atoms with Crippen molar-refractivity contribution in [1.82, 2.24) is 0 Å². The van der Waals surface area contributed by atoms with Gasteiger partial charge in [-0.25, -0.2) is 0 Å². The van der Waals surface area contributed by atoms with Crippen molar-refractivity contribution in [3.05, 3.63) is 48.0 Å². The second kappa shape index (κ2) is 6.17. The molecule has 0 atom stereocenters. The van der Waals surface area contributed by atoms with Crippen LogP contribution in [-0.2, 0) is 11.2 Å². The lowest BCUT2D eigenvalue weighted by molar-refractivity contribution is -0.115. The number of hydrogen-bond donors (Lipinski definition) is 3. The first kappa shape index (κ1) is 14.7. The summed E-state index contributed by atoms with van der Waals surface area (Å²) >= 11 is 0. The summed E-state index contributed by atoms with van der Waals surface area (Å²) in [5.74, 6) is -0.110. The molecular formula is C16H20N4O.